The van der Waals surface area contributed by atoms with Crippen LogP contribution < -0.4 is 0 Å². The summed E-state index contributed by atoms with van der Waals surface area (Å²) in [5, 5.41) is 9.21. The summed E-state index contributed by atoms with van der Waals surface area (Å²) in [6, 6.07) is 1.85. The number of aliphatic hydroxyl groups is 1. The molecule has 2 aliphatic heterocycles. The lowest BCUT2D eigenvalue weighted by Crippen LogP contribution is -2.00. The first kappa shape index (κ1) is 7.24. The molecule has 0 aromatic carbocycles. The van der Waals surface area contributed by atoms with Crippen molar-refractivity contribution in [2.75, 3.05) is 0 Å². The van der Waals surface area contributed by atoms with Crippen LogP contribution in [0.25, 0.3) is 11.4 Å². The number of aromatic nitrogens is 3. The minimum atomic E-state index is -0.565. The third-order valence-electron chi connectivity index (χ3n) is 1.72. The average Bonchev–Trinajstić information content (AvgIpc) is 2.49. The molecule has 0 spiro atoms. The van der Waals surface area contributed by atoms with E-state index in [0.29, 0.717) is 5.82 Å². The molecule has 1 atom stereocenters. The van der Waals surface area contributed by atoms with Gasteiger partial charge in [0.15, 0.2) is 0 Å². The Morgan fingerprint density at radius 3 is 3.08 bits per heavy atom. The Balaban J connectivity index is 2.54. The summed E-state index contributed by atoms with van der Waals surface area (Å²) in [6.45, 7) is 1.67. The molecule has 2 heterocycles. The first-order valence-electron chi connectivity index (χ1n) is 3.75. The maximum absolute atomic E-state index is 9.21. The van der Waals surface area contributed by atoms with Crippen molar-refractivity contribution in [1.82, 2.24) is 15.0 Å². The van der Waals surface area contributed by atoms with E-state index in [4.69, 9.17) is 0 Å². The van der Waals surface area contributed by atoms with Crippen molar-refractivity contribution >= 4 is 0 Å². The van der Waals surface area contributed by atoms with E-state index in [2.05, 4.69) is 15.0 Å². The summed E-state index contributed by atoms with van der Waals surface area (Å²) < 4.78 is 0. The van der Waals surface area contributed by atoms with Gasteiger partial charge in [0.25, 0.3) is 0 Å². The Kier molecular flexibility index (Phi) is 1.55. The molecule has 0 fully saturated rings. The van der Waals surface area contributed by atoms with E-state index in [1.165, 1.54) is 0 Å². The third kappa shape index (κ3) is 1.06. The summed E-state index contributed by atoms with van der Waals surface area (Å²) in [5.41, 5.74) is 1.72. The van der Waals surface area contributed by atoms with E-state index in [0.717, 1.165) is 11.4 Å². The summed E-state index contributed by atoms with van der Waals surface area (Å²) in [6.07, 6.45) is 2.78. The summed E-state index contributed by atoms with van der Waals surface area (Å²) in [4.78, 5) is 11.0. The third-order valence-corrected chi connectivity index (χ3v) is 1.72. The quantitative estimate of drug-likeness (QED) is 0.658. The fourth-order valence-electron chi connectivity index (χ4n) is 1.07. The molecule has 12 heavy (non-hydrogen) atoms. The van der Waals surface area contributed by atoms with Crippen molar-refractivity contribution in [1.29, 1.82) is 0 Å². The Morgan fingerprint density at radius 2 is 2.33 bits per heavy atom. The number of rotatable bonds is 1. The second-order valence-electron chi connectivity index (χ2n) is 2.69. The predicted molar refractivity (Wildman–Crippen MR) is 43.6 cm³/mol. The molecule has 0 saturated carbocycles. The van der Waals surface area contributed by atoms with E-state index in [-0.39, 0.29) is 0 Å². The number of fused-ring (bicyclic) bond motifs is 1. The van der Waals surface area contributed by atoms with Crippen LogP contribution >= 0.6 is 0 Å². The van der Waals surface area contributed by atoms with E-state index in [1.807, 2.05) is 6.07 Å². The molecular formula is C8H9N3O. The molecule has 62 valence electrons. The van der Waals surface area contributed by atoms with Crippen LogP contribution in [0, 0.1) is 0 Å². The van der Waals surface area contributed by atoms with Gasteiger partial charge in [-0.2, -0.15) is 0 Å². The van der Waals surface area contributed by atoms with Crippen molar-refractivity contribution < 1.29 is 5.11 Å². The minimum absolute atomic E-state index is 0.565. The number of H-pyrrole nitrogens is 1. The molecule has 0 aromatic heterocycles. The Morgan fingerprint density at radius 1 is 1.50 bits per heavy atom. The van der Waals surface area contributed by atoms with Crippen LogP contribution in [-0.4, -0.2) is 20.1 Å². The Bertz CT molecular complexity index is 355. The summed E-state index contributed by atoms with van der Waals surface area (Å²) in [7, 11) is 0. The van der Waals surface area contributed by atoms with Gasteiger partial charge < -0.3 is 10.1 Å². The van der Waals surface area contributed by atoms with Crippen molar-refractivity contribution in [3.05, 3.63) is 24.3 Å². The topological polar surface area (TPSA) is 61.8 Å². The van der Waals surface area contributed by atoms with Crippen LogP contribution in [0.5, 0.6) is 0 Å². The van der Waals surface area contributed by atoms with Gasteiger partial charge in [0, 0.05) is 6.20 Å². The smallest absolute Gasteiger partial charge is 0.135 e. The number of aliphatic hydroxyl groups excluding tert-OH is 1. The molecule has 1 unspecified atom stereocenters. The van der Waals surface area contributed by atoms with Crippen molar-refractivity contribution in [2.45, 2.75) is 13.0 Å². The average molecular weight is 163 g/mol. The van der Waals surface area contributed by atoms with Crippen molar-refractivity contribution in [3.8, 4) is 11.4 Å². The van der Waals surface area contributed by atoms with Crippen LogP contribution in [0.1, 0.15) is 18.9 Å². The first-order valence-corrected chi connectivity index (χ1v) is 3.75. The highest BCUT2D eigenvalue weighted by Gasteiger charge is 2.08. The highest BCUT2D eigenvalue weighted by molar-refractivity contribution is 5.54. The normalized spacial score (nSPS) is 13.5. The zero-order valence-corrected chi connectivity index (χ0v) is 6.65. The number of nitrogens with one attached hydrogen (secondary N) is 1. The Hall–Kier alpha value is -1.42. The van der Waals surface area contributed by atoms with Crippen LogP contribution in [0.15, 0.2) is 18.5 Å². The molecule has 0 amide bonds. The zero-order chi connectivity index (χ0) is 8.55. The lowest BCUT2D eigenvalue weighted by molar-refractivity contribution is 0.189. The van der Waals surface area contributed by atoms with E-state index < -0.39 is 6.10 Å². The lowest BCUT2D eigenvalue weighted by atomic mass is 10.3. The fraction of sp³-hybridized carbons (Fsp3) is 0.250. The molecule has 2 aliphatic rings. The SMILES string of the molecule is CC(O)c1ncc2nccc-2[nH]1. The van der Waals surface area contributed by atoms with Gasteiger partial charge in [0.1, 0.15) is 17.6 Å². The second-order valence-corrected chi connectivity index (χ2v) is 2.69. The molecule has 0 aliphatic carbocycles. The van der Waals surface area contributed by atoms with Gasteiger partial charge in [-0.3, -0.25) is 4.98 Å². The van der Waals surface area contributed by atoms with E-state index >= 15 is 0 Å². The van der Waals surface area contributed by atoms with Gasteiger partial charge >= 0.3 is 0 Å². The highest BCUT2D eigenvalue weighted by atomic mass is 16.3. The summed E-state index contributed by atoms with van der Waals surface area (Å²) >= 11 is 0. The van der Waals surface area contributed by atoms with Crippen LogP contribution in [0.2, 0.25) is 0 Å². The molecule has 0 saturated heterocycles. The largest absolute Gasteiger partial charge is 0.385 e. The number of aromatic amines is 1. The minimum Gasteiger partial charge on any atom is -0.385 e. The number of nitrogens with zero attached hydrogens (tertiary/aromatic N) is 2. The second kappa shape index (κ2) is 2.57. The van der Waals surface area contributed by atoms with Gasteiger partial charge in [-0.15, -0.1) is 0 Å². The predicted octanol–water partition coefficient (Wildman–Crippen LogP) is 0.963. The van der Waals surface area contributed by atoms with Crippen LogP contribution in [0.4, 0.5) is 0 Å². The molecular weight excluding hydrogens is 154 g/mol. The van der Waals surface area contributed by atoms with Gasteiger partial charge in [0.2, 0.25) is 0 Å². The van der Waals surface area contributed by atoms with Crippen LogP contribution in [-0.2, 0) is 0 Å². The molecule has 0 radical (unpaired) electrons. The highest BCUT2D eigenvalue weighted by Crippen LogP contribution is 2.17. The van der Waals surface area contributed by atoms with Crippen molar-refractivity contribution in [3.63, 3.8) is 0 Å². The number of hydrogen-bond donors (Lipinski definition) is 2. The van der Waals surface area contributed by atoms with E-state index in [9.17, 15) is 5.11 Å². The molecule has 0 aromatic rings. The molecule has 0 bridgehead atoms. The lowest BCUT2D eigenvalue weighted by Gasteiger charge is -2.05. The maximum Gasteiger partial charge on any atom is 0.135 e. The van der Waals surface area contributed by atoms with Crippen LogP contribution in [0.3, 0.4) is 0 Å². The standard InChI is InChI=1S/C8H9N3O/c1-5(12)8-10-4-7-6(11-8)2-3-9-7/h2-5,12H,1H3,(H,10,11). The Labute approximate surface area is 69.6 Å². The van der Waals surface area contributed by atoms with Gasteiger partial charge in [0.05, 0.1) is 11.9 Å². The monoisotopic (exact) mass is 163 g/mol. The molecule has 2 rings (SSSR count). The molecule has 2 N–H and O–H groups in total. The van der Waals surface area contributed by atoms with Gasteiger partial charge in [-0.1, -0.05) is 0 Å². The zero-order valence-electron chi connectivity index (χ0n) is 6.65. The van der Waals surface area contributed by atoms with Gasteiger partial charge in [-0.25, -0.2) is 4.98 Å². The van der Waals surface area contributed by atoms with Crippen molar-refractivity contribution in [2.24, 2.45) is 0 Å². The fourth-order valence-corrected chi connectivity index (χ4v) is 1.07. The summed E-state index contributed by atoms with van der Waals surface area (Å²) in [5.74, 6) is 0.565. The van der Waals surface area contributed by atoms with Gasteiger partial charge in [-0.05, 0) is 13.0 Å². The number of hydrogen-bond acceptors (Lipinski definition) is 3. The van der Waals surface area contributed by atoms with E-state index in [1.54, 1.807) is 19.3 Å². The first-order chi connectivity index (χ1) is 5.77. The maximum atomic E-state index is 9.21. The molecule has 4 heteroatoms. The molecule has 4 nitrogen and oxygen atoms in total.